The van der Waals surface area contributed by atoms with Gasteiger partial charge in [0.2, 0.25) is 5.91 Å². The highest BCUT2D eigenvalue weighted by Gasteiger charge is 2.28. The van der Waals surface area contributed by atoms with E-state index in [1.165, 1.54) is 4.88 Å². The molecule has 0 spiro atoms. The van der Waals surface area contributed by atoms with Crippen molar-refractivity contribution in [1.82, 2.24) is 20.9 Å². The Morgan fingerprint density at radius 1 is 1.27 bits per heavy atom. The van der Waals surface area contributed by atoms with E-state index in [9.17, 15) is 4.79 Å². The maximum atomic E-state index is 11.5. The van der Waals surface area contributed by atoms with Gasteiger partial charge in [0.25, 0.3) is 0 Å². The average molecular weight is 437 g/mol. The van der Waals surface area contributed by atoms with Crippen LogP contribution in [0.3, 0.4) is 0 Å². The van der Waals surface area contributed by atoms with E-state index in [0.717, 1.165) is 29.5 Å². The van der Waals surface area contributed by atoms with E-state index in [0.29, 0.717) is 19.6 Å². The van der Waals surface area contributed by atoms with Crippen LogP contribution in [0.5, 0.6) is 0 Å². The van der Waals surface area contributed by atoms with Gasteiger partial charge in [-0.05, 0) is 26.7 Å². The molecule has 1 saturated carbocycles. The van der Waals surface area contributed by atoms with E-state index in [1.54, 1.807) is 18.4 Å². The standard InChI is InChI=1S/C14H23N5OS.HI/c1-9-12(21-10(2)19-9)8-18-14(15-3)17-7-6-16-13(20)11-4-5-11;/h11H,4-8H2,1-3H3,(H,16,20)(H2,15,17,18);1H. The van der Waals surface area contributed by atoms with Crippen LogP contribution in [-0.2, 0) is 11.3 Å². The molecule has 0 saturated heterocycles. The van der Waals surface area contributed by atoms with Gasteiger partial charge in [0.05, 0.1) is 17.2 Å². The first kappa shape index (κ1) is 19.1. The van der Waals surface area contributed by atoms with Crippen molar-refractivity contribution in [2.45, 2.75) is 33.2 Å². The van der Waals surface area contributed by atoms with Crippen molar-refractivity contribution in [3.63, 3.8) is 0 Å². The molecule has 0 aliphatic heterocycles. The maximum absolute atomic E-state index is 11.5. The largest absolute Gasteiger partial charge is 0.355 e. The third-order valence-electron chi connectivity index (χ3n) is 3.30. The number of hydrogen-bond acceptors (Lipinski definition) is 4. The lowest BCUT2D eigenvalue weighted by molar-refractivity contribution is -0.122. The molecular weight excluding hydrogens is 413 g/mol. The fraction of sp³-hybridized carbons (Fsp3) is 0.643. The topological polar surface area (TPSA) is 78.4 Å². The van der Waals surface area contributed by atoms with E-state index in [4.69, 9.17) is 0 Å². The van der Waals surface area contributed by atoms with E-state index >= 15 is 0 Å². The van der Waals surface area contributed by atoms with Crippen LogP contribution in [0, 0.1) is 19.8 Å². The number of aliphatic imine (C=N–C) groups is 1. The number of carbonyl (C=O) groups is 1. The zero-order valence-corrected chi connectivity index (χ0v) is 16.4. The molecule has 0 radical (unpaired) electrons. The van der Waals surface area contributed by atoms with Crippen LogP contribution in [0.25, 0.3) is 0 Å². The van der Waals surface area contributed by atoms with Gasteiger partial charge in [-0.1, -0.05) is 0 Å². The summed E-state index contributed by atoms with van der Waals surface area (Å²) in [4.78, 5) is 21.3. The van der Waals surface area contributed by atoms with Crippen molar-refractivity contribution in [2.24, 2.45) is 10.9 Å². The molecule has 0 bridgehead atoms. The number of carbonyl (C=O) groups excluding carboxylic acids is 1. The van der Waals surface area contributed by atoms with Crippen molar-refractivity contribution in [3.05, 3.63) is 15.6 Å². The van der Waals surface area contributed by atoms with Crippen molar-refractivity contribution in [1.29, 1.82) is 0 Å². The summed E-state index contributed by atoms with van der Waals surface area (Å²) in [7, 11) is 1.74. The third kappa shape index (κ3) is 6.07. The van der Waals surface area contributed by atoms with Crippen LogP contribution >= 0.6 is 35.3 Å². The first-order chi connectivity index (χ1) is 10.1. The summed E-state index contributed by atoms with van der Waals surface area (Å²) in [6.45, 7) is 6.03. The molecule has 1 aliphatic carbocycles. The third-order valence-corrected chi connectivity index (χ3v) is 4.38. The quantitative estimate of drug-likeness (QED) is 0.273. The van der Waals surface area contributed by atoms with Crippen molar-refractivity contribution < 1.29 is 4.79 Å². The molecular formula is C14H24IN5OS. The summed E-state index contributed by atoms with van der Waals surface area (Å²) in [6.07, 6.45) is 2.08. The minimum Gasteiger partial charge on any atom is -0.355 e. The van der Waals surface area contributed by atoms with E-state index in [-0.39, 0.29) is 35.8 Å². The number of guanidine groups is 1. The van der Waals surface area contributed by atoms with Crippen molar-refractivity contribution in [3.8, 4) is 0 Å². The number of nitrogens with zero attached hydrogens (tertiary/aromatic N) is 2. The van der Waals surface area contributed by atoms with E-state index in [1.807, 2.05) is 13.8 Å². The van der Waals surface area contributed by atoms with Crippen molar-refractivity contribution in [2.75, 3.05) is 20.1 Å². The molecule has 1 fully saturated rings. The lowest BCUT2D eigenvalue weighted by Gasteiger charge is -2.11. The number of nitrogens with one attached hydrogen (secondary N) is 3. The summed E-state index contributed by atoms with van der Waals surface area (Å²) in [5, 5.41) is 10.4. The Morgan fingerprint density at radius 2 is 1.95 bits per heavy atom. The van der Waals surface area contributed by atoms with Crippen LogP contribution in [0.4, 0.5) is 0 Å². The van der Waals surface area contributed by atoms with Gasteiger partial charge in [0, 0.05) is 30.9 Å². The van der Waals surface area contributed by atoms with Crippen molar-refractivity contribution >= 4 is 47.2 Å². The monoisotopic (exact) mass is 437 g/mol. The Kier molecular flexibility index (Phi) is 8.08. The molecule has 124 valence electrons. The lowest BCUT2D eigenvalue weighted by atomic mass is 10.4. The molecule has 1 amide bonds. The fourth-order valence-electron chi connectivity index (χ4n) is 1.98. The number of aryl methyl sites for hydroxylation is 2. The van der Waals surface area contributed by atoms with Gasteiger partial charge in [0.1, 0.15) is 0 Å². The highest BCUT2D eigenvalue weighted by molar-refractivity contribution is 14.0. The number of rotatable bonds is 6. The van der Waals surface area contributed by atoms with Crippen LogP contribution in [0.2, 0.25) is 0 Å². The number of halogens is 1. The number of hydrogen-bond donors (Lipinski definition) is 3. The van der Waals surface area contributed by atoms with Gasteiger partial charge in [-0.25, -0.2) is 4.98 Å². The summed E-state index contributed by atoms with van der Waals surface area (Å²) in [6, 6.07) is 0. The van der Waals surface area contributed by atoms with Gasteiger partial charge >= 0.3 is 0 Å². The highest BCUT2D eigenvalue weighted by Crippen LogP contribution is 2.28. The first-order valence-electron chi connectivity index (χ1n) is 7.25. The first-order valence-corrected chi connectivity index (χ1v) is 8.07. The Balaban J connectivity index is 0.00000242. The molecule has 0 unspecified atom stereocenters. The Morgan fingerprint density at radius 3 is 2.50 bits per heavy atom. The van der Waals surface area contributed by atoms with E-state index in [2.05, 4.69) is 25.9 Å². The molecule has 0 aromatic carbocycles. The minimum atomic E-state index is 0. The summed E-state index contributed by atoms with van der Waals surface area (Å²) < 4.78 is 0. The van der Waals surface area contributed by atoms with Gasteiger partial charge in [-0.3, -0.25) is 9.79 Å². The predicted octanol–water partition coefficient (Wildman–Crippen LogP) is 1.57. The summed E-state index contributed by atoms with van der Waals surface area (Å²) in [5.41, 5.74) is 1.07. The molecule has 1 aliphatic rings. The zero-order valence-electron chi connectivity index (χ0n) is 13.2. The fourth-order valence-corrected chi connectivity index (χ4v) is 2.86. The normalized spacial score (nSPS) is 14.2. The number of amides is 1. The van der Waals surface area contributed by atoms with Crippen LogP contribution < -0.4 is 16.0 Å². The molecule has 1 heterocycles. The molecule has 3 N–H and O–H groups in total. The minimum absolute atomic E-state index is 0. The summed E-state index contributed by atoms with van der Waals surface area (Å²) in [5.74, 6) is 1.18. The lowest BCUT2D eigenvalue weighted by Crippen LogP contribution is -2.41. The summed E-state index contributed by atoms with van der Waals surface area (Å²) >= 11 is 1.70. The van der Waals surface area contributed by atoms with Gasteiger partial charge < -0.3 is 16.0 Å². The Labute approximate surface area is 152 Å². The van der Waals surface area contributed by atoms with E-state index < -0.39 is 0 Å². The van der Waals surface area contributed by atoms with Gasteiger partial charge in [-0.15, -0.1) is 35.3 Å². The van der Waals surface area contributed by atoms with Gasteiger partial charge in [0.15, 0.2) is 5.96 Å². The molecule has 8 heteroatoms. The second-order valence-electron chi connectivity index (χ2n) is 5.16. The SMILES string of the molecule is CN=C(NCCNC(=O)C1CC1)NCc1sc(C)nc1C.I. The van der Waals surface area contributed by atoms with Crippen LogP contribution in [-0.4, -0.2) is 37.0 Å². The molecule has 22 heavy (non-hydrogen) atoms. The zero-order chi connectivity index (χ0) is 15.2. The predicted molar refractivity (Wildman–Crippen MR) is 101 cm³/mol. The second kappa shape index (κ2) is 9.29. The second-order valence-corrected chi connectivity index (χ2v) is 6.45. The molecule has 0 atom stereocenters. The highest BCUT2D eigenvalue weighted by atomic mass is 127. The molecule has 1 aromatic rings. The average Bonchev–Trinajstić information content (AvgIpc) is 3.24. The molecule has 6 nitrogen and oxygen atoms in total. The molecule has 2 rings (SSSR count). The van der Waals surface area contributed by atoms with Crippen LogP contribution in [0.15, 0.2) is 4.99 Å². The molecule has 1 aromatic heterocycles. The maximum Gasteiger partial charge on any atom is 0.223 e. The Hall–Kier alpha value is -0.900. The van der Waals surface area contributed by atoms with Gasteiger partial charge in [-0.2, -0.15) is 0 Å². The number of thiazole rings is 1. The smallest absolute Gasteiger partial charge is 0.223 e. The number of aromatic nitrogens is 1. The Bertz CT molecular complexity index is 527. The van der Waals surface area contributed by atoms with Crippen LogP contribution in [0.1, 0.15) is 28.4 Å².